The normalized spacial score (nSPS) is 12.5. The van der Waals surface area contributed by atoms with Gasteiger partial charge in [0.1, 0.15) is 11.7 Å². The van der Waals surface area contributed by atoms with Crippen molar-refractivity contribution < 1.29 is 13.9 Å². The van der Waals surface area contributed by atoms with E-state index in [0.717, 1.165) is 10.9 Å². The Labute approximate surface area is 127 Å². The molecule has 3 aromatic rings. The van der Waals surface area contributed by atoms with Crippen molar-refractivity contribution in [3.8, 4) is 0 Å². The minimum atomic E-state index is -0.678. The van der Waals surface area contributed by atoms with E-state index in [2.05, 4.69) is 0 Å². The maximum absolute atomic E-state index is 12.6. The number of hydrogen-bond donors (Lipinski definition) is 0. The van der Waals surface area contributed by atoms with Crippen LogP contribution in [-0.2, 0) is 4.74 Å². The number of ketones is 1. The maximum Gasteiger partial charge on any atom is 0.231 e. The molecule has 0 bridgehead atoms. The molecule has 1 aromatic heterocycles. The van der Waals surface area contributed by atoms with E-state index in [4.69, 9.17) is 20.8 Å². The van der Waals surface area contributed by atoms with Gasteiger partial charge >= 0.3 is 0 Å². The molecule has 0 N–H and O–H groups in total. The number of fused-ring (bicyclic) bond motifs is 1. The number of carbonyl (C=O) groups excluding carboxylic acids is 1. The third kappa shape index (κ3) is 2.71. The molecule has 106 valence electrons. The summed E-state index contributed by atoms with van der Waals surface area (Å²) in [6.45, 7) is 0. The molecular formula is C17H13ClO3. The number of halogens is 1. The lowest BCUT2D eigenvalue weighted by Gasteiger charge is -2.12. The van der Waals surface area contributed by atoms with Gasteiger partial charge < -0.3 is 9.15 Å². The van der Waals surface area contributed by atoms with Gasteiger partial charge in [0, 0.05) is 17.5 Å². The zero-order chi connectivity index (χ0) is 14.8. The van der Waals surface area contributed by atoms with E-state index in [1.165, 1.54) is 7.11 Å². The van der Waals surface area contributed by atoms with Crippen LogP contribution < -0.4 is 0 Å². The summed E-state index contributed by atoms with van der Waals surface area (Å²) in [5, 5.41) is 1.41. The smallest absolute Gasteiger partial charge is 0.231 e. The topological polar surface area (TPSA) is 39.4 Å². The van der Waals surface area contributed by atoms with Crippen LogP contribution in [0.4, 0.5) is 0 Å². The third-order valence-electron chi connectivity index (χ3n) is 3.30. The summed E-state index contributed by atoms with van der Waals surface area (Å²) in [5.41, 5.74) is 1.43. The lowest BCUT2D eigenvalue weighted by molar-refractivity contribution is 0.0578. The van der Waals surface area contributed by atoms with Crippen molar-refractivity contribution >= 4 is 28.4 Å². The Morgan fingerprint density at radius 1 is 1.14 bits per heavy atom. The van der Waals surface area contributed by atoms with Crippen LogP contribution in [0.25, 0.3) is 11.0 Å². The van der Waals surface area contributed by atoms with E-state index < -0.39 is 6.10 Å². The highest BCUT2D eigenvalue weighted by atomic mass is 35.5. The second-order valence-electron chi connectivity index (χ2n) is 4.68. The summed E-state index contributed by atoms with van der Waals surface area (Å²) >= 11 is 5.94. The number of rotatable bonds is 4. The van der Waals surface area contributed by atoms with Gasteiger partial charge in [0.15, 0.2) is 5.76 Å². The van der Waals surface area contributed by atoms with Crippen LogP contribution in [0.3, 0.4) is 0 Å². The zero-order valence-corrected chi connectivity index (χ0v) is 12.1. The number of benzene rings is 2. The van der Waals surface area contributed by atoms with Crippen LogP contribution in [0.5, 0.6) is 0 Å². The van der Waals surface area contributed by atoms with Crippen molar-refractivity contribution in [2.75, 3.05) is 7.11 Å². The van der Waals surface area contributed by atoms with Gasteiger partial charge in [0.25, 0.3) is 0 Å². The van der Waals surface area contributed by atoms with Gasteiger partial charge in [-0.2, -0.15) is 0 Å². The van der Waals surface area contributed by atoms with E-state index >= 15 is 0 Å². The molecule has 0 fully saturated rings. The molecule has 0 amide bonds. The van der Waals surface area contributed by atoms with Crippen molar-refractivity contribution in [3.63, 3.8) is 0 Å². The first-order chi connectivity index (χ1) is 10.2. The van der Waals surface area contributed by atoms with Crippen molar-refractivity contribution in [1.82, 2.24) is 0 Å². The van der Waals surface area contributed by atoms with Gasteiger partial charge in [-0.3, -0.25) is 4.79 Å². The Kier molecular flexibility index (Phi) is 3.78. The average Bonchev–Trinajstić information content (AvgIpc) is 2.92. The quantitative estimate of drug-likeness (QED) is 0.658. The van der Waals surface area contributed by atoms with Crippen LogP contribution in [-0.4, -0.2) is 12.9 Å². The summed E-state index contributed by atoms with van der Waals surface area (Å²) < 4.78 is 10.9. The third-order valence-corrected chi connectivity index (χ3v) is 3.53. The number of methoxy groups -OCH3 is 1. The van der Waals surface area contributed by atoms with Crippen molar-refractivity contribution in [2.45, 2.75) is 6.10 Å². The van der Waals surface area contributed by atoms with E-state index in [1.807, 2.05) is 30.3 Å². The molecule has 0 radical (unpaired) electrons. The molecule has 2 aromatic carbocycles. The summed E-state index contributed by atoms with van der Waals surface area (Å²) in [4.78, 5) is 12.6. The molecule has 3 rings (SSSR count). The van der Waals surface area contributed by atoms with Gasteiger partial charge in [0.05, 0.1) is 0 Å². The molecule has 3 nitrogen and oxygen atoms in total. The number of hydrogen-bond acceptors (Lipinski definition) is 3. The standard InChI is InChI=1S/C17H13ClO3/c1-20-17(11-5-3-2-4-6-11)16(19)15-10-12-9-13(18)7-8-14(12)21-15/h2-10,17H,1H3. The first kappa shape index (κ1) is 13.9. The first-order valence-corrected chi connectivity index (χ1v) is 6.88. The molecular weight excluding hydrogens is 288 g/mol. The second kappa shape index (κ2) is 5.72. The summed E-state index contributed by atoms with van der Waals surface area (Å²) in [5.74, 6) is 0.0546. The van der Waals surface area contributed by atoms with Crippen LogP contribution >= 0.6 is 11.6 Å². The minimum absolute atomic E-state index is 0.212. The molecule has 1 heterocycles. The monoisotopic (exact) mass is 300 g/mol. The van der Waals surface area contributed by atoms with Gasteiger partial charge in [-0.1, -0.05) is 41.9 Å². The molecule has 0 aliphatic rings. The summed E-state index contributed by atoms with van der Waals surface area (Å²) in [7, 11) is 1.51. The summed E-state index contributed by atoms with van der Waals surface area (Å²) in [6.07, 6.45) is -0.678. The molecule has 21 heavy (non-hydrogen) atoms. The molecule has 0 aliphatic carbocycles. The Balaban J connectivity index is 1.98. The molecule has 1 unspecified atom stereocenters. The Morgan fingerprint density at radius 3 is 2.62 bits per heavy atom. The van der Waals surface area contributed by atoms with E-state index in [1.54, 1.807) is 24.3 Å². The molecule has 4 heteroatoms. The predicted octanol–water partition coefficient (Wildman–Crippen LogP) is 4.66. The molecule has 1 atom stereocenters. The summed E-state index contributed by atoms with van der Waals surface area (Å²) in [6, 6.07) is 16.3. The SMILES string of the molecule is COC(C(=O)c1cc2cc(Cl)ccc2o1)c1ccccc1. The Bertz CT molecular complexity index is 777. The van der Waals surface area contributed by atoms with Crippen molar-refractivity contribution in [3.05, 3.63) is 70.9 Å². The minimum Gasteiger partial charge on any atom is -0.453 e. The molecule has 0 saturated heterocycles. The lowest BCUT2D eigenvalue weighted by atomic mass is 10.0. The van der Waals surface area contributed by atoms with Gasteiger partial charge in [-0.05, 0) is 29.8 Å². The van der Waals surface area contributed by atoms with Crippen molar-refractivity contribution in [2.24, 2.45) is 0 Å². The van der Waals surface area contributed by atoms with Crippen molar-refractivity contribution in [1.29, 1.82) is 0 Å². The number of Topliss-reactive ketones (excluding diaryl/α,β-unsaturated/α-hetero) is 1. The van der Waals surface area contributed by atoms with E-state index in [9.17, 15) is 4.79 Å². The molecule has 0 aliphatic heterocycles. The Hall–Kier alpha value is -2.10. The number of ether oxygens (including phenoxy) is 1. The fourth-order valence-electron chi connectivity index (χ4n) is 2.29. The highest BCUT2D eigenvalue weighted by molar-refractivity contribution is 6.31. The highest BCUT2D eigenvalue weighted by Gasteiger charge is 2.24. The fraction of sp³-hybridized carbons (Fsp3) is 0.118. The largest absolute Gasteiger partial charge is 0.453 e. The number of furan rings is 1. The van der Waals surface area contributed by atoms with Crippen LogP contribution in [0.1, 0.15) is 22.2 Å². The second-order valence-corrected chi connectivity index (χ2v) is 5.12. The van der Waals surface area contributed by atoms with Gasteiger partial charge in [0.2, 0.25) is 5.78 Å². The average molecular weight is 301 g/mol. The maximum atomic E-state index is 12.6. The fourth-order valence-corrected chi connectivity index (χ4v) is 2.47. The zero-order valence-electron chi connectivity index (χ0n) is 11.4. The molecule has 0 saturated carbocycles. The highest BCUT2D eigenvalue weighted by Crippen LogP contribution is 2.27. The van der Waals surface area contributed by atoms with Gasteiger partial charge in [-0.15, -0.1) is 0 Å². The van der Waals surface area contributed by atoms with E-state index in [-0.39, 0.29) is 11.5 Å². The predicted molar refractivity (Wildman–Crippen MR) is 81.7 cm³/mol. The van der Waals surface area contributed by atoms with Gasteiger partial charge in [-0.25, -0.2) is 0 Å². The van der Waals surface area contributed by atoms with Crippen LogP contribution in [0.2, 0.25) is 5.02 Å². The first-order valence-electron chi connectivity index (χ1n) is 6.50. The molecule has 0 spiro atoms. The van der Waals surface area contributed by atoms with E-state index in [0.29, 0.717) is 10.6 Å². The Morgan fingerprint density at radius 2 is 1.90 bits per heavy atom. The number of carbonyl (C=O) groups is 1. The van der Waals surface area contributed by atoms with Crippen LogP contribution in [0.15, 0.2) is 59.0 Å². The lowest BCUT2D eigenvalue weighted by Crippen LogP contribution is -2.14. The van der Waals surface area contributed by atoms with Crippen LogP contribution in [0, 0.1) is 0 Å².